The molecule has 1 heterocycles. The summed E-state index contributed by atoms with van der Waals surface area (Å²) in [6, 6.07) is 10.5. The Morgan fingerprint density at radius 3 is 2.55 bits per heavy atom. The molecule has 20 heavy (non-hydrogen) atoms. The van der Waals surface area contributed by atoms with Crippen molar-refractivity contribution in [1.29, 1.82) is 0 Å². The Bertz CT molecular complexity index is 363. The van der Waals surface area contributed by atoms with E-state index in [0.717, 1.165) is 18.6 Å². The zero-order valence-electron chi connectivity index (χ0n) is 12.4. The Morgan fingerprint density at radius 1 is 1.15 bits per heavy atom. The zero-order chi connectivity index (χ0) is 14.2. The summed E-state index contributed by atoms with van der Waals surface area (Å²) in [5.74, 6) is 0.909. The van der Waals surface area contributed by atoms with Gasteiger partial charge in [0.25, 0.3) is 0 Å². The predicted molar refractivity (Wildman–Crippen MR) is 87.2 cm³/mol. The minimum Gasteiger partial charge on any atom is -0.304 e. The lowest BCUT2D eigenvalue weighted by Gasteiger charge is -2.32. The Kier molecular flexibility index (Phi) is 6.87. The molecular weight excluding hydrogens is 266 g/mol. The largest absolute Gasteiger partial charge is 0.304 e. The molecule has 1 atom stereocenters. The van der Waals surface area contributed by atoms with Crippen molar-refractivity contribution >= 4 is 11.8 Å². The van der Waals surface area contributed by atoms with Crippen molar-refractivity contribution in [3.05, 3.63) is 30.3 Å². The molecule has 1 saturated heterocycles. The SMILES string of the molecule is CN1CCN(CCC[C@@H]([NH])CSc2ccccc2)CC1. The maximum absolute atomic E-state index is 8.12. The molecule has 0 spiro atoms. The van der Waals surface area contributed by atoms with E-state index in [2.05, 4.69) is 41.1 Å². The van der Waals surface area contributed by atoms with Crippen molar-refractivity contribution in [2.24, 2.45) is 0 Å². The number of nitrogens with zero attached hydrogens (tertiary/aromatic N) is 2. The number of hydrogen-bond acceptors (Lipinski definition) is 3. The number of piperazine rings is 1. The van der Waals surface area contributed by atoms with E-state index in [1.165, 1.54) is 37.6 Å². The van der Waals surface area contributed by atoms with Crippen molar-refractivity contribution in [3.63, 3.8) is 0 Å². The minimum atomic E-state index is 0.0627. The molecule has 4 heteroatoms. The minimum absolute atomic E-state index is 0.0627. The van der Waals surface area contributed by atoms with Gasteiger partial charge in [-0.25, -0.2) is 0 Å². The van der Waals surface area contributed by atoms with Crippen LogP contribution in [0.3, 0.4) is 0 Å². The first-order chi connectivity index (χ1) is 9.74. The fourth-order valence-corrected chi connectivity index (χ4v) is 3.34. The Morgan fingerprint density at radius 2 is 1.85 bits per heavy atom. The lowest BCUT2D eigenvalue weighted by atomic mass is 10.2. The van der Waals surface area contributed by atoms with Crippen molar-refractivity contribution in [2.45, 2.75) is 23.8 Å². The van der Waals surface area contributed by atoms with Crippen LogP contribution in [0.4, 0.5) is 0 Å². The van der Waals surface area contributed by atoms with Gasteiger partial charge in [-0.1, -0.05) is 18.2 Å². The second-order valence-electron chi connectivity index (χ2n) is 5.61. The van der Waals surface area contributed by atoms with Crippen LogP contribution in [-0.4, -0.2) is 61.4 Å². The van der Waals surface area contributed by atoms with Crippen LogP contribution in [0.1, 0.15) is 12.8 Å². The summed E-state index contributed by atoms with van der Waals surface area (Å²) in [7, 11) is 2.19. The van der Waals surface area contributed by atoms with Crippen molar-refractivity contribution in [2.75, 3.05) is 45.5 Å². The molecule has 3 nitrogen and oxygen atoms in total. The van der Waals surface area contributed by atoms with Gasteiger partial charge in [-0.05, 0) is 38.6 Å². The molecule has 1 radical (unpaired) electrons. The fourth-order valence-electron chi connectivity index (χ4n) is 2.43. The van der Waals surface area contributed by atoms with Gasteiger partial charge in [0.1, 0.15) is 0 Å². The summed E-state index contributed by atoms with van der Waals surface area (Å²) in [5, 5.41) is 0. The zero-order valence-corrected chi connectivity index (χ0v) is 13.2. The van der Waals surface area contributed by atoms with Gasteiger partial charge in [-0.15, -0.1) is 11.8 Å². The number of hydrogen-bond donors (Lipinski definition) is 0. The standard InChI is InChI=1S/C16H26N3S/c1-18-10-12-19(13-11-18)9-5-6-15(17)14-20-16-7-3-2-4-8-16/h2-4,7-8,15,17H,5-6,9-14H2,1H3/t15-/m1/s1. The highest BCUT2D eigenvalue weighted by molar-refractivity contribution is 7.99. The maximum atomic E-state index is 8.12. The first-order valence-corrected chi connectivity index (χ1v) is 8.52. The molecule has 111 valence electrons. The molecule has 1 aromatic rings. The van der Waals surface area contributed by atoms with Gasteiger partial charge >= 0.3 is 0 Å². The van der Waals surface area contributed by atoms with Gasteiger partial charge in [0, 0.05) is 42.9 Å². The fraction of sp³-hybridized carbons (Fsp3) is 0.625. The number of rotatable bonds is 7. The van der Waals surface area contributed by atoms with E-state index in [-0.39, 0.29) is 6.04 Å². The number of benzene rings is 1. The van der Waals surface area contributed by atoms with Crippen LogP contribution in [0, 0.1) is 0 Å². The monoisotopic (exact) mass is 292 g/mol. The molecule has 0 unspecified atom stereocenters. The van der Waals surface area contributed by atoms with Gasteiger partial charge in [0.15, 0.2) is 0 Å². The quantitative estimate of drug-likeness (QED) is 0.723. The van der Waals surface area contributed by atoms with Gasteiger partial charge in [0.2, 0.25) is 0 Å². The number of likely N-dealkylation sites (N-methyl/N-ethyl adjacent to an activating group) is 1. The van der Waals surface area contributed by atoms with Gasteiger partial charge in [-0.3, -0.25) is 5.73 Å². The molecular formula is C16H26N3S. The molecule has 1 aromatic carbocycles. The Balaban J connectivity index is 1.55. The molecule has 0 saturated carbocycles. The molecule has 0 aromatic heterocycles. The van der Waals surface area contributed by atoms with Crippen molar-refractivity contribution < 1.29 is 0 Å². The normalized spacial score (nSPS) is 19.1. The molecule has 2 rings (SSSR count). The van der Waals surface area contributed by atoms with Gasteiger partial charge in [0.05, 0.1) is 0 Å². The average Bonchev–Trinajstić information content (AvgIpc) is 2.48. The van der Waals surface area contributed by atoms with Crippen LogP contribution in [0.2, 0.25) is 0 Å². The highest BCUT2D eigenvalue weighted by Crippen LogP contribution is 2.19. The molecule has 0 amide bonds. The van der Waals surface area contributed by atoms with Crippen LogP contribution in [0.15, 0.2) is 35.2 Å². The lowest BCUT2D eigenvalue weighted by Crippen LogP contribution is -2.44. The van der Waals surface area contributed by atoms with E-state index in [1.807, 2.05) is 17.8 Å². The van der Waals surface area contributed by atoms with Crippen molar-refractivity contribution in [1.82, 2.24) is 15.5 Å². The third kappa shape index (κ3) is 5.83. The van der Waals surface area contributed by atoms with Crippen LogP contribution in [0.25, 0.3) is 0 Å². The van der Waals surface area contributed by atoms with E-state index in [4.69, 9.17) is 5.73 Å². The molecule has 1 N–H and O–H groups in total. The van der Waals surface area contributed by atoms with Crippen LogP contribution in [-0.2, 0) is 0 Å². The van der Waals surface area contributed by atoms with Gasteiger partial charge < -0.3 is 9.80 Å². The highest BCUT2D eigenvalue weighted by atomic mass is 32.2. The van der Waals surface area contributed by atoms with E-state index >= 15 is 0 Å². The third-order valence-corrected chi connectivity index (χ3v) is 4.99. The molecule has 1 aliphatic rings. The summed E-state index contributed by atoms with van der Waals surface area (Å²) in [6.45, 7) is 5.93. The van der Waals surface area contributed by atoms with E-state index < -0.39 is 0 Å². The smallest absolute Gasteiger partial charge is 0.0307 e. The Labute approximate surface area is 127 Å². The molecule has 1 aliphatic heterocycles. The number of nitrogens with one attached hydrogen (secondary N) is 1. The van der Waals surface area contributed by atoms with E-state index in [0.29, 0.717) is 0 Å². The second kappa shape index (κ2) is 8.67. The Hall–Kier alpha value is -0.550. The summed E-state index contributed by atoms with van der Waals surface area (Å²) in [6.07, 6.45) is 2.18. The topological polar surface area (TPSA) is 30.3 Å². The number of thioether (sulfide) groups is 1. The summed E-state index contributed by atoms with van der Waals surface area (Å²) in [4.78, 5) is 6.21. The van der Waals surface area contributed by atoms with Crippen molar-refractivity contribution in [3.8, 4) is 0 Å². The summed E-state index contributed by atoms with van der Waals surface area (Å²) >= 11 is 1.81. The third-order valence-electron chi connectivity index (χ3n) is 3.82. The first kappa shape index (κ1) is 15.8. The maximum Gasteiger partial charge on any atom is 0.0307 e. The lowest BCUT2D eigenvalue weighted by molar-refractivity contribution is 0.151. The molecule has 0 bridgehead atoms. The van der Waals surface area contributed by atoms with E-state index in [9.17, 15) is 0 Å². The van der Waals surface area contributed by atoms with E-state index in [1.54, 1.807) is 0 Å². The predicted octanol–water partition coefficient (Wildman–Crippen LogP) is 2.46. The average molecular weight is 292 g/mol. The first-order valence-electron chi connectivity index (χ1n) is 7.54. The molecule has 1 fully saturated rings. The van der Waals surface area contributed by atoms with Crippen LogP contribution in [0.5, 0.6) is 0 Å². The molecule has 0 aliphatic carbocycles. The summed E-state index contributed by atoms with van der Waals surface area (Å²) in [5.41, 5.74) is 8.12. The summed E-state index contributed by atoms with van der Waals surface area (Å²) < 4.78 is 0. The van der Waals surface area contributed by atoms with Crippen LogP contribution >= 0.6 is 11.8 Å². The highest BCUT2D eigenvalue weighted by Gasteiger charge is 2.13. The van der Waals surface area contributed by atoms with Crippen LogP contribution < -0.4 is 5.73 Å². The second-order valence-corrected chi connectivity index (χ2v) is 6.70. The van der Waals surface area contributed by atoms with Gasteiger partial charge in [-0.2, -0.15) is 0 Å².